The van der Waals surface area contributed by atoms with E-state index in [1.54, 1.807) is 6.20 Å². The summed E-state index contributed by atoms with van der Waals surface area (Å²) in [6.45, 7) is 4.87. The van der Waals surface area contributed by atoms with E-state index in [0.717, 1.165) is 40.7 Å². The number of hydrogen-bond acceptors (Lipinski definition) is 3. The Morgan fingerprint density at radius 3 is 2.69 bits per heavy atom. The molecule has 0 saturated heterocycles. The molecule has 0 aliphatic rings. The van der Waals surface area contributed by atoms with E-state index < -0.39 is 0 Å². The lowest BCUT2D eigenvalue weighted by Gasteiger charge is -2.09. The molecule has 0 spiro atoms. The van der Waals surface area contributed by atoms with Crippen LogP contribution in [0.15, 0.2) is 36.5 Å². The molecule has 3 aromatic rings. The number of nitrogens with zero attached hydrogens (tertiary/aromatic N) is 2. The highest BCUT2D eigenvalue weighted by Crippen LogP contribution is 2.29. The number of urea groups is 1. The third-order valence-electron chi connectivity index (χ3n) is 4.41. The minimum atomic E-state index is -0.161. The zero-order valence-corrected chi connectivity index (χ0v) is 15.3. The van der Waals surface area contributed by atoms with Gasteiger partial charge in [-0.3, -0.25) is 5.10 Å². The Bertz CT molecular complexity index is 870. The fraction of sp³-hybridized carbons (Fsp3) is 0.350. The molecule has 1 aromatic carbocycles. The lowest BCUT2D eigenvalue weighted by atomic mass is 10.0. The minimum Gasteiger partial charge on any atom is -0.338 e. The number of unbranched alkanes of at least 4 members (excludes halogenated alkanes) is 3. The Morgan fingerprint density at radius 1 is 1.12 bits per heavy atom. The summed E-state index contributed by atoms with van der Waals surface area (Å²) in [7, 11) is 0. The van der Waals surface area contributed by atoms with Crippen molar-refractivity contribution in [3.05, 3.63) is 42.2 Å². The second-order valence-electron chi connectivity index (χ2n) is 6.42. The van der Waals surface area contributed by atoms with Gasteiger partial charge in [0.2, 0.25) is 0 Å². The molecule has 0 unspecified atom stereocenters. The number of anilines is 1. The second-order valence-corrected chi connectivity index (χ2v) is 6.42. The molecule has 2 amide bonds. The van der Waals surface area contributed by atoms with Crippen LogP contribution in [0.1, 0.15) is 38.3 Å². The van der Waals surface area contributed by atoms with E-state index in [0.29, 0.717) is 12.2 Å². The van der Waals surface area contributed by atoms with Crippen molar-refractivity contribution < 1.29 is 4.79 Å². The Balaban J connectivity index is 1.63. The number of nitrogens with one attached hydrogen (secondary N) is 3. The number of rotatable bonds is 7. The lowest BCUT2D eigenvalue weighted by molar-refractivity contribution is 0.252. The summed E-state index contributed by atoms with van der Waals surface area (Å²) in [5.74, 6) is 0. The van der Waals surface area contributed by atoms with Crippen molar-refractivity contribution in [2.45, 2.75) is 39.5 Å². The molecular weight excluding hydrogens is 326 g/mol. The minimum absolute atomic E-state index is 0.161. The smallest absolute Gasteiger partial charge is 0.319 e. The Hall–Kier alpha value is -2.89. The number of benzene rings is 1. The lowest BCUT2D eigenvalue weighted by Crippen LogP contribution is -2.29. The second kappa shape index (κ2) is 8.47. The van der Waals surface area contributed by atoms with Gasteiger partial charge in [-0.1, -0.05) is 38.3 Å². The van der Waals surface area contributed by atoms with Gasteiger partial charge in [0.15, 0.2) is 5.65 Å². The molecule has 0 bridgehead atoms. The van der Waals surface area contributed by atoms with Crippen LogP contribution in [-0.4, -0.2) is 27.8 Å². The quantitative estimate of drug-likeness (QED) is 0.543. The van der Waals surface area contributed by atoms with Gasteiger partial charge in [0.25, 0.3) is 0 Å². The van der Waals surface area contributed by atoms with Crippen molar-refractivity contribution in [2.75, 3.05) is 11.9 Å². The van der Waals surface area contributed by atoms with E-state index in [1.807, 2.05) is 37.3 Å². The summed E-state index contributed by atoms with van der Waals surface area (Å²) in [4.78, 5) is 16.2. The van der Waals surface area contributed by atoms with Crippen molar-refractivity contribution in [3.8, 4) is 11.1 Å². The number of aromatic nitrogens is 3. The summed E-state index contributed by atoms with van der Waals surface area (Å²) in [5.41, 5.74) is 4.62. The number of fused-ring (bicyclic) bond motifs is 1. The van der Waals surface area contributed by atoms with E-state index in [-0.39, 0.29) is 6.03 Å². The standard InChI is InChI=1S/C20H25N5O/c1-3-4-5-6-12-22-20(26)23-16-9-7-15(8-10-16)17-11-13-21-19-18(17)14(2)24-25-19/h7-11,13H,3-6,12H2,1-2H3,(H,21,24,25)(H2,22,23,26). The summed E-state index contributed by atoms with van der Waals surface area (Å²) >= 11 is 0. The van der Waals surface area contributed by atoms with Gasteiger partial charge in [-0.2, -0.15) is 5.10 Å². The SMILES string of the molecule is CCCCCCNC(=O)Nc1ccc(-c2ccnc3n[nH]c(C)c23)cc1. The third kappa shape index (κ3) is 4.20. The molecule has 6 heteroatoms. The molecule has 2 aromatic heterocycles. The first-order chi connectivity index (χ1) is 12.7. The molecule has 3 N–H and O–H groups in total. The molecule has 2 heterocycles. The van der Waals surface area contributed by atoms with Crippen LogP contribution >= 0.6 is 0 Å². The van der Waals surface area contributed by atoms with E-state index in [4.69, 9.17) is 0 Å². The summed E-state index contributed by atoms with van der Waals surface area (Å²) < 4.78 is 0. The van der Waals surface area contributed by atoms with Gasteiger partial charge in [0.05, 0.1) is 0 Å². The van der Waals surface area contributed by atoms with E-state index in [9.17, 15) is 4.79 Å². The number of aryl methyl sites for hydroxylation is 1. The van der Waals surface area contributed by atoms with Crippen LogP contribution in [0, 0.1) is 6.92 Å². The van der Waals surface area contributed by atoms with Crippen molar-refractivity contribution in [2.24, 2.45) is 0 Å². The molecule has 136 valence electrons. The largest absolute Gasteiger partial charge is 0.338 e. The van der Waals surface area contributed by atoms with Crippen LogP contribution in [-0.2, 0) is 0 Å². The molecule has 3 rings (SSSR count). The van der Waals surface area contributed by atoms with Crippen LogP contribution < -0.4 is 10.6 Å². The average Bonchev–Trinajstić information content (AvgIpc) is 3.04. The topological polar surface area (TPSA) is 82.7 Å². The maximum Gasteiger partial charge on any atom is 0.319 e. The van der Waals surface area contributed by atoms with E-state index >= 15 is 0 Å². The number of carbonyl (C=O) groups is 1. The molecule has 6 nitrogen and oxygen atoms in total. The fourth-order valence-corrected chi connectivity index (χ4v) is 3.00. The molecule has 0 saturated carbocycles. The average molecular weight is 351 g/mol. The first-order valence-corrected chi connectivity index (χ1v) is 9.14. The molecule has 0 aliphatic carbocycles. The van der Waals surface area contributed by atoms with Crippen LogP contribution in [0.2, 0.25) is 0 Å². The maximum absolute atomic E-state index is 11.9. The van der Waals surface area contributed by atoms with E-state index in [2.05, 4.69) is 32.7 Å². The van der Waals surface area contributed by atoms with Gasteiger partial charge in [0.1, 0.15) is 0 Å². The highest BCUT2D eigenvalue weighted by molar-refractivity contribution is 5.95. The fourth-order valence-electron chi connectivity index (χ4n) is 3.00. The first-order valence-electron chi connectivity index (χ1n) is 9.14. The highest BCUT2D eigenvalue weighted by atomic mass is 16.2. The highest BCUT2D eigenvalue weighted by Gasteiger charge is 2.10. The number of carbonyl (C=O) groups excluding carboxylic acids is 1. The zero-order valence-electron chi connectivity index (χ0n) is 15.3. The molecular formula is C20H25N5O. The summed E-state index contributed by atoms with van der Waals surface area (Å²) in [6.07, 6.45) is 6.33. The van der Waals surface area contributed by atoms with Crippen molar-refractivity contribution in [1.82, 2.24) is 20.5 Å². The predicted molar refractivity (Wildman–Crippen MR) is 105 cm³/mol. The van der Waals surface area contributed by atoms with Gasteiger partial charge in [-0.25, -0.2) is 9.78 Å². The molecule has 0 radical (unpaired) electrons. The van der Waals surface area contributed by atoms with Gasteiger partial charge in [-0.15, -0.1) is 0 Å². The number of aromatic amines is 1. The first kappa shape index (κ1) is 17.9. The number of hydrogen-bond donors (Lipinski definition) is 3. The molecule has 0 fully saturated rings. The monoisotopic (exact) mass is 351 g/mol. The Morgan fingerprint density at radius 2 is 1.92 bits per heavy atom. The maximum atomic E-state index is 11.9. The number of pyridine rings is 1. The Labute approximate surface area is 153 Å². The zero-order chi connectivity index (χ0) is 18.4. The predicted octanol–water partition coefficient (Wildman–Crippen LogP) is 4.64. The van der Waals surface area contributed by atoms with Crippen LogP contribution in [0.4, 0.5) is 10.5 Å². The molecule has 0 aliphatic heterocycles. The van der Waals surface area contributed by atoms with Gasteiger partial charge < -0.3 is 10.6 Å². The molecule has 0 atom stereocenters. The van der Waals surface area contributed by atoms with Crippen LogP contribution in [0.25, 0.3) is 22.2 Å². The van der Waals surface area contributed by atoms with Gasteiger partial charge >= 0.3 is 6.03 Å². The van der Waals surface area contributed by atoms with Crippen molar-refractivity contribution in [3.63, 3.8) is 0 Å². The van der Waals surface area contributed by atoms with Crippen molar-refractivity contribution in [1.29, 1.82) is 0 Å². The summed E-state index contributed by atoms with van der Waals surface area (Å²) in [6, 6.07) is 9.64. The molecule has 26 heavy (non-hydrogen) atoms. The van der Waals surface area contributed by atoms with Gasteiger partial charge in [0, 0.05) is 29.5 Å². The normalized spacial score (nSPS) is 10.8. The van der Waals surface area contributed by atoms with Crippen molar-refractivity contribution >= 4 is 22.8 Å². The summed E-state index contributed by atoms with van der Waals surface area (Å²) in [5, 5.41) is 14.0. The van der Waals surface area contributed by atoms with Gasteiger partial charge in [-0.05, 0) is 42.7 Å². The van der Waals surface area contributed by atoms with Crippen LogP contribution in [0.3, 0.4) is 0 Å². The number of H-pyrrole nitrogens is 1. The Kier molecular flexibility index (Phi) is 5.84. The van der Waals surface area contributed by atoms with E-state index in [1.165, 1.54) is 12.8 Å². The number of amides is 2. The van der Waals surface area contributed by atoms with Crippen LogP contribution in [0.5, 0.6) is 0 Å². The third-order valence-corrected chi connectivity index (χ3v) is 4.41.